The van der Waals surface area contributed by atoms with Gasteiger partial charge in [0.25, 0.3) is 0 Å². The summed E-state index contributed by atoms with van der Waals surface area (Å²) in [5.41, 5.74) is 4.82. The Morgan fingerprint density at radius 3 is 2.37 bits per heavy atom. The SMILES string of the molecule is CCN(CC)c1ccc(CNC(=NC)NCc2c(C)nn(C)c2C)cc1F. The highest BCUT2D eigenvalue weighted by Crippen LogP contribution is 2.20. The van der Waals surface area contributed by atoms with Crippen LogP contribution >= 0.6 is 0 Å². The van der Waals surface area contributed by atoms with Gasteiger partial charge >= 0.3 is 0 Å². The van der Waals surface area contributed by atoms with Gasteiger partial charge in [-0.05, 0) is 45.4 Å². The maximum absolute atomic E-state index is 14.4. The molecule has 7 heteroatoms. The van der Waals surface area contributed by atoms with E-state index in [2.05, 4.69) is 20.7 Å². The summed E-state index contributed by atoms with van der Waals surface area (Å²) < 4.78 is 16.3. The second-order valence-corrected chi connectivity index (χ2v) is 6.51. The van der Waals surface area contributed by atoms with Crippen molar-refractivity contribution in [3.05, 3.63) is 46.5 Å². The van der Waals surface area contributed by atoms with Crippen LogP contribution in [0.1, 0.15) is 36.4 Å². The van der Waals surface area contributed by atoms with Gasteiger partial charge in [-0.15, -0.1) is 0 Å². The lowest BCUT2D eigenvalue weighted by Gasteiger charge is -2.22. The highest BCUT2D eigenvalue weighted by Gasteiger charge is 2.11. The smallest absolute Gasteiger partial charge is 0.191 e. The minimum absolute atomic E-state index is 0.192. The lowest BCUT2D eigenvalue weighted by atomic mass is 10.1. The number of hydrogen-bond acceptors (Lipinski definition) is 3. The standard InChI is InChI=1S/C20H31FN6/c1-7-27(8-2)19-10-9-16(11-18(19)21)12-23-20(22-5)24-13-17-14(3)25-26(6)15(17)4/h9-11H,7-8,12-13H2,1-6H3,(H2,22,23,24). The molecular formula is C20H31FN6. The second kappa shape index (κ2) is 9.39. The minimum atomic E-state index is -0.192. The van der Waals surface area contributed by atoms with E-state index in [-0.39, 0.29) is 5.82 Å². The topological polar surface area (TPSA) is 57.5 Å². The first-order chi connectivity index (χ1) is 12.9. The van der Waals surface area contributed by atoms with E-state index in [1.54, 1.807) is 13.1 Å². The lowest BCUT2D eigenvalue weighted by Crippen LogP contribution is -2.36. The van der Waals surface area contributed by atoms with Gasteiger partial charge in [0, 0.05) is 51.5 Å². The van der Waals surface area contributed by atoms with Gasteiger partial charge in [-0.1, -0.05) is 6.07 Å². The Bertz CT molecular complexity index is 792. The van der Waals surface area contributed by atoms with E-state index >= 15 is 0 Å². The molecule has 0 bridgehead atoms. The van der Waals surface area contributed by atoms with E-state index in [1.807, 2.05) is 56.5 Å². The first kappa shape index (κ1) is 20.7. The summed E-state index contributed by atoms with van der Waals surface area (Å²) in [5.74, 6) is 0.480. The highest BCUT2D eigenvalue weighted by molar-refractivity contribution is 5.79. The number of anilines is 1. The first-order valence-corrected chi connectivity index (χ1v) is 9.38. The first-order valence-electron chi connectivity index (χ1n) is 9.38. The summed E-state index contributed by atoms with van der Waals surface area (Å²) in [5, 5.41) is 11.0. The van der Waals surface area contributed by atoms with Gasteiger partial charge in [-0.25, -0.2) is 4.39 Å². The van der Waals surface area contributed by atoms with Crippen LogP contribution in [0.15, 0.2) is 23.2 Å². The largest absolute Gasteiger partial charge is 0.370 e. The van der Waals surface area contributed by atoms with Crippen molar-refractivity contribution in [2.45, 2.75) is 40.8 Å². The molecular weight excluding hydrogens is 343 g/mol. The van der Waals surface area contributed by atoms with Crippen LogP contribution in [0.2, 0.25) is 0 Å². The van der Waals surface area contributed by atoms with E-state index in [9.17, 15) is 4.39 Å². The Morgan fingerprint density at radius 1 is 1.19 bits per heavy atom. The molecule has 1 heterocycles. The molecule has 2 rings (SSSR count). The van der Waals surface area contributed by atoms with Crippen LogP contribution in [0.5, 0.6) is 0 Å². The fourth-order valence-corrected chi connectivity index (χ4v) is 3.13. The third-order valence-electron chi connectivity index (χ3n) is 4.89. The van der Waals surface area contributed by atoms with E-state index in [1.165, 1.54) is 0 Å². The molecule has 27 heavy (non-hydrogen) atoms. The van der Waals surface area contributed by atoms with E-state index in [4.69, 9.17) is 0 Å². The summed E-state index contributed by atoms with van der Waals surface area (Å²) in [6.07, 6.45) is 0. The van der Waals surface area contributed by atoms with Crippen molar-refractivity contribution in [1.29, 1.82) is 0 Å². The molecule has 0 spiro atoms. The van der Waals surface area contributed by atoms with Crippen molar-refractivity contribution < 1.29 is 4.39 Å². The molecule has 0 amide bonds. The fourth-order valence-electron chi connectivity index (χ4n) is 3.13. The zero-order valence-electron chi connectivity index (χ0n) is 17.2. The summed E-state index contributed by atoms with van der Waals surface area (Å²) in [6, 6.07) is 5.38. The number of halogens is 1. The summed E-state index contributed by atoms with van der Waals surface area (Å²) in [7, 11) is 3.66. The van der Waals surface area contributed by atoms with Crippen LogP contribution in [0, 0.1) is 19.7 Å². The molecule has 2 N–H and O–H groups in total. The third-order valence-corrected chi connectivity index (χ3v) is 4.89. The Kier molecular flexibility index (Phi) is 7.21. The number of aryl methyl sites for hydroxylation is 2. The van der Waals surface area contributed by atoms with E-state index in [0.717, 1.165) is 35.6 Å². The summed E-state index contributed by atoms with van der Waals surface area (Å²) >= 11 is 0. The Labute approximate surface area is 161 Å². The van der Waals surface area contributed by atoms with Gasteiger partial charge in [0.2, 0.25) is 0 Å². The molecule has 0 saturated carbocycles. The van der Waals surface area contributed by atoms with E-state index in [0.29, 0.717) is 24.7 Å². The van der Waals surface area contributed by atoms with Crippen LogP contribution in [0.4, 0.5) is 10.1 Å². The van der Waals surface area contributed by atoms with Crippen molar-refractivity contribution in [3.8, 4) is 0 Å². The maximum atomic E-state index is 14.4. The minimum Gasteiger partial charge on any atom is -0.370 e. The average molecular weight is 375 g/mol. The molecule has 0 aliphatic heterocycles. The van der Waals surface area contributed by atoms with E-state index < -0.39 is 0 Å². The third kappa shape index (κ3) is 4.99. The zero-order chi connectivity index (χ0) is 20.0. The molecule has 0 aliphatic rings. The predicted octanol–water partition coefficient (Wildman–Crippen LogP) is 2.89. The number of aromatic nitrogens is 2. The van der Waals surface area contributed by atoms with Crippen LogP contribution in [0.25, 0.3) is 0 Å². The molecule has 1 aromatic carbocycles. The molecule has 6 nitrogen and oxygen atoms in total. The molecule has 1 aromatic heterocycles. The molecule has 2 aromatic rings. The molecule has 148 valence electrons. The Hall–Kier alpha value is -2.57. The molecule has 0 aliphatic carbocycles. The van der Waals surface area contributed by atoms with Crippen LogP contribution in [0.3, 0.4) is 0 Å². The number of guanidine groups is 1. The second-order valence-electron chi connectivity index (χ2n) is 6.51. The van der Waals surface area contributed by atoms with Gasteiger partial charge in [0.15, 0.2) is 5.96 Å². The molecule has 0 unspecified atom stereocenters. The monoisotopic (exact) mass is 374 g/mol. The van der Waals surface area contributed by atoms with Crippen LogP contribution in [-0.4, -0.2) is 35.9 Å². The zero-order valence-corrected chi connectivity index (χ0v) is 17.2. The quantitative estimate of drug-likeness (QED) is 0.578. The van der Waals surface area contributed by atoms with Gasteiger partial charge in [-0.3, -0.25) is 9.67 Å². The summed E-state index contributed by atoms with van der Waals surface area (Å²) in [4.78, 5) is 6.25. The van der Waals surface area contributed by atoms with Gasteiger partial charge in [-0.2, -0.15) is 5.10 Å². The number of nitrogens with zero attached hydrogens (tertiary/aromatic N) is 4. The average Bonchev–Trinajstić information content (AvgIpc) is 2.90. The van der Waals surface area contributed by atoms with Gasteiger partial charge in [0.05, 0.1) is 11.4 Å². The lowest BCUT2D eigenvalue weighted by molar-refractivity contribution is 0.617. The van der Waals surface area contributed by atoms with Crippen molar-refractivity contribution in [3.63, 3.8) is 0 Å². The van der Waals surface area contributed by atoms with Crippen LogP contribution in [-0.2, 0) is 20.1 Å². The number of benzene rings is 1. The van der Waals surface area contributed by atoms with Crippen molar-refractivity contribution in [2.75, 3.05) is 25.0 Å². The Balaban J connectivity index is 1.97. The highest BCUT2D eigenvalue weighted by atomic mass is 19.1. The number of aliphatic imine (C=N–C) groups is 1. The van der Waals surface area contributed by atoms with Crippen molar-refractivity contribution in [1.82, 2.24) is 20.4 Å². The van der Waals surface area contributed by atoms with Crippen LogP contribution < -0.4 is 15.5 Å². The van der Waals surface area contributed by atoms with Crippen molar-refractivity contribution >= 4 is 11.6 Å². The predicted molar refractivity (Wildman–Crippen MR) is 110 cm³/mol. The van der Waals surface area contributed by atoms with Gasteiger partial charge in [0.1, 0.15) is 5.82 Å². The number of hydrogen-bond donors (Lipinski definition) is 2. The number of rotatable bonds is 7. The molecule has 0 saturated heterocycles. The molecule has 0 fully saturated rings. The normalized spacial score (nSPS) is 11.6. The summed E-state index contributed by atoms with van der Waals surface area (Å²) in [6.45, 7) is 10.8. The Morgan fingerprint density at radius 2 is 1.85 bits per heavy atom. The molecule has 0 atom stereocenters. The van der Waals surface area contributed by atoms with Gasteiger partial charge < -0.3 is 15.5 Å². The van der Waals surface area contributed by atoms with Crippen molar-refractivity contribution in [2.24, 2.45) is 12.0 Å². The fraction of sp³-hybridized carbons (Fsp3) is 0.500. The number of nitrogens with one attached hydrogen (secondary N) is 2. The molecule has 0 radical (unpaired) electrons. The maximum Gasteiger partial charge on any atom is 0.191 e.